The van der Waals surface area contributed by atoms with Gasteiger partial charge in [-0.15, -0.1) is 0 Å². The molecule has 1 amide bonds. The maximum atomic E-state index is 12.0. The van der Waals surface area contributed by atoms with Crippen LogP contribution in [0.5, 0.6) is 0 Å². The van der Waals surface area contributed by atoms with E-state index in [1.165, 1.54) is 6.20 Å². The highest BCUT2D eigenvalue weighted by Crippen LogP contribution is 2.14. The first-order valence-corrected chi connectivity index (χ1v) is 5.53. The Bertz CT molecular complexity index is 595. The molecular weight excluding hydrogens is 228 g/mol. The van der Waals surface area contributed by atoms with Crippen molar-refractivity contribution in [3.63, 3.8) is 0 Å². The molecule has 3 N–H and O–H groups in total. The Morgan fingerprint density at radius 2 is 2.11 bits per heavy atom. The molecule has 0 fully saturated rings. The Balaban J connectivity index is 2.22. The summed E-state index contributed by atoms with van der Waals surface area (Å²) in [5.41, 5.74) is 8.37. The van der Waals surface area contributed by atoms with Crippen LogP contribution in [-0.2, 0) is 0 Å². The molecule has 0 spiro atoms. The fraction of sp³-hybridized carbons (Fsp3) is 0.154. The number of nitrogens with one attached hydrogen (secondary N) is 1. The number of pyridine rings is 2. The topological polar surface area (TPSA) is 80.9 Å². The monoisotopic (exact) mass is 242 g/mol. The van der Waals surface area contributed by atoms with Crippen molar-refractivity contribution in [2.75, 3.05) is 11.1 Å². The molecule has 0 aliphatic carbocycles. The Kier molecular flexibility index (Phi) is 3.23. The van der Waals surface area contributed by atoms with Gasteiger partial charge in [0.15, 0.2) is 0 Å². The van der Waals surface area contributed by atoms with Crippen molar-refractivity contribution in [2.45, 2.75) is 13.8 Å². The summed E-state index contributed by atoms with van der Waals surface area (Å²) in [6, 6.07) is 5.18. The SMILES string of the molecule is Cc1cc(NC(=O)c2cccnc2C)ncc1N. The highest BCUT2D eigenvalue weighted by Gasteiger charge is 2.10. The third kappa shape index (κ3) is 2.45. The van der Waals surface area contributed by atoms with Crippen molar-refractivity contribution in [1.82, 2.24) is 9.97 Å². The van der Waals surface area contributed by atoms with Crippen LogP contribution in [0.15, 0.2) is 30.6 Å². The van der Waals surface area contributed by atoms with E-state index in [9.17, 15) is 4.79 Å². The van der Waals surface area contributed by atoms with Crippen LogP contribution in [0.2, 0.25) is 0 Å². The van der Waals surface area contributed by atoms with Crippen LogP contribution < -0.4 is 11.1 Å². The number of amides is 1. The fourth-order valence-corrected chi connectivity index (χ4v) is 1.54. The standard InChI is InChI=1S/C13H14N4O/c1-8-6-12(16-7-11(8)14)17-13(18)10-4-3-5-15-9(10)2/h3-7H,14H2,1-2H3,(H,16,17,18). The van der Waals surface area contributed by atoms with Crippen LogP contribution in [-0.4, -0.2) is 15.9 Å². The molecule has 0 bridgehead atoms. The maximum absolute atomic E-state index is 12.0. The van der Waals surface area contributed by atoms with Gasteiger partial charge in [0, 0.05) is 11.9 Å². The third-order valence-electron chi connectivity index (χ3n) is 2.64. The summed E-state index contributed by atoms with van der Waals surface area (Å²) in [5, 5.41) is 2.72. The van der Waals surface area contributed by atoms with Gasteiger partial charge in [-0.2, -0.15) is 0 Å². The lowest BCUT2D eigenvalue weighted by molar-refractivity contribution is 0.102. The van der Waals surface area contributed by atoms with Gasteiger partial charge in [0.25, 0.3) is 5.91 Å². The summed E-state index contributed by atoms with van der Waals surface area (Å²) < 4.78 is 0. The van der Waals surface area contributed by atoms with Gasteiger partial charge in [-0.1, -0.05) is 0 Å². The normalized spacial score (nSPS) is 10.1. The van der Waals surface area contributed by atoms with Gasteiger partial charge < -0.3 is 11.1 Å². The van der Waals surface area contributed by atoms with E-state index in [0.29, 0.717) is 22.8 Å². The van der Waals surface area contributed by atoms with Gasteiger partial charge in [-0.25, -0.2) is 4.98 Å². The summed E-state index contributed by atoms with van der Waals surface area (Å²) >= 11 is 0. The first kappa shape index (κ1) is 12.0. The van der Waals surface area contributed by atoms with Crippen LogP contribution in [0.3, 0.4) is 0 Å². The van der Waals surface area contributed by atoms with Crippen molar-refractivity contribution < 1.29 is 4.79 Å². The zero-order valence-electron chi connectivity index (χ0n) is 10.3. The zero-order chi connectivity index (χ0) is 13.1. The molecule has 2 heterocycles. The predicted molar refractivity (Wildman–Crippen MR) is 70.3 cm³/mol. The molecule has 0 aliphatic heterocycles. The van der Waals surface area contributed by atoms with Gasteiger partial charge in [-0.3, -0.25) is 9.78 Å². The number of hydrogen-bond donors (Lipinski definition) is 2. The van der Waals surface area contributed by atoms with Crippen LogP contribution in [0.1, 0.15) is 21.6 Å². The Hall–Kier alpha value is -2.43. The van der Waals surface area contributed by atoms with Crippen LogP contribution in [0.4, 0.5) is 11.5 Å². The average Bonchev–Trinajstić information content (AvgIpc) is 2.34. The smallest absolute Gasteiger partial charge is 0.258 e. The fourth-order valence-electron chi connectivity index (χ4n) is 1.54. The molecular formula is C13H14N4O. The first-order chi connectivity index (χ1) is 8.58. The van der Waals surface area contributed by atoms with E-state index in [2.05, 4.69) is 15.3 Å². The number of hydrogen-bond acceptors (Lipinski definition) is 4. The van der Waals surface area contributed by atoms with E-state index in [1.54, 1.807) is 31.3 Å². The van der Waals surface area contributed by atoms with E-state index in [1.807, 2.05) is 6.92 Å². The number of carbonyl (C=O) groups excluding carboxylic acids is 1. The third-order valence-corrected chi connectivity index (χ3v) is 2.64. The lowest BCUT2D eigenvalue weighted by Gasteiger charge is -2.07. The molecule has 0 atom stereocenters. The summed E-state index contributed by atoms with van der Waals surface area (Å²) in [5.74, 6) is 0.257. The predicted octanol–water partition coefficient (Wildman–Crippen LogP) is 1.93. The molecule has 0 saturated heterocycles. The van der Waals surface area contributed by atoms with Crippen molar-refractivity contribution in [3.8, 4) is 0 Å². The highest BCUT2D eigenvalue weighted by atomic mass is 16.1. The molecule has 0 unspecified atom stereocenters. The van der Waals surface area contributed by atoms with Gasteiger partial charge in [0.05, 0.1) is 17.4 Å². The van der Waals surface area contributed by atoms with Crippen LogP contribution in [0.25, 0.3) is 0 Å². The quantitative estimate of drug-likeness (QED) is 0.843. The molecule has 2 rings (SSSR count). The Labute approximate surface area is 105 Å². The van der Waals surface area contributed by atoms with Gasteiger partial charge in [0.1, 0.15) is 5.82 Å². The molecule has 0 radical (unpaired) electrons. The lowest BCUT2D eigenvalue weighted by Crippen LogP contribution is -2.15. The number of aromatic nitrogens is 2. The van der Waals surface area contributed by atoms with E-state index >= 15 is 0 Å². The number of nitrogen functional groups attached to an aromatic ring is 1. The number of nitrogens with zero attached hydrogens (tertiary/aromatic N) is 2. The summed E-state index contributed by atoms with van der Waals surface area (Å²) in [7, 11) is 0. The molecule has 18 heavy (non-hydrogen) atoms. The average molecular weight is 242 g/mol. The van der Waals surface area contributed by atoms with Crippen LogP contribution >= 0.6 is 0 Å². The van der Waals surface area contributed by atoms with E-state index in [4.69, 9.17) is 5.73 Å². The number of carbonyl (C=O) groups is 1. The molecule has 0 aromatic carbocycles. The molecule has 2 aromatic heterocycles. The largest absolute Gasteiger partial charge is 0.397 e. The second kappa shape index (κ2) is 4.83. The van der Waals surface area contributed by atoms with Gasteiger partial charge >= 0.3 is 0 Å². The number of rotatable bonds is 2. The zero-order valence-corrected chi connectivity index (χ0v) is 10.3. The summed E-state index contributed by atoms with van der Waals surface area (Å²) in [6.45, 7) is 3.65. The molecule has 2 aromatic rings. The minimum Gasteiger partial charge on any atom is -0.397 e. The van der Waals surface area contributed by atoms with E-state index < -0.39 is 0 Å². The van der Waals surface area contributed by atoms with Crippen molar-refractivity contribution >= 4 is 17.4 Å². The Morgan fingerprint density at radius 3 is 2.78 bits per heavy atom. The first-order valence-electron chi connectivity index (χ1n) is 5.53. The van der Waals surface area contributed by atoms with E-state index in [0.717, 1.165) is 5.56 Å². The lowest BCUT2D eigenvalue weighted by atomic mass is 10.2. The minimum atomic E-state index is -0.225. The van der Waals surface area contributed by atoms with Crippen molar-refractivity contribution in [3.05, 3.63) is 47.4 Å². The van der Waals surface area contributed by atoms with Gasteiger partial charge in [0.2, 0.25) is 0 Å². The van der Waals surface area contributed by atoms with Crippen molar-refractivity contribution in [1.29, 1.82) is 0 Å². The second-order valence-corrected chi connectivity index (χ2v) is 4.02. The second-order valence-electron chi connectivity index (χ2n) is 4.02. The highest BCUT2D eigenvalue weighted by molar-refractivity contribution is 6.04. The molecule has 92 valence electrons. The molecule has 5 heteroatoms. The summed E-state index contributed by atoms with van der Waals surface area (Å²) in [4.78, 5) is 20.1. The Morgan fingerprint density at radius 1 is 1.33 bits per heavy atom. The number of anilines is 2. The molecule has 0 saturated carbocycles. The maximum Gasteiger partial charge on any atom is 0.258 e. The van der Waals surface area contributed by atoms with Crippen LogP contribution in [0, 0.1) is 13.8 Å². The number of aryl methyl sites for hydroxylation is 2. The molecule has 0 aliphatic rings. The minimum absolute atomic E-state index is 0.225. The number of nitrogens with two attached hydrogens (primary N) is 1. The van der Waals surface area contributed by atoms with Gasteiger partial charge in [-0.05, 0) is 37.6 Å². The van der Waals surface area contributed by atoms with E-state index in [-0.39, 0.29) is 5.91 Å². The summed E-state index contributed by atoms with van der Waals surface area (Å²) in [6.07, 6.45) is 3.18. The van der Waals surface area contributed by atoms with Crippen molar-refractivity contribution in [2.24, 2.45) is 0 Å². The molecule has 5 nitrogen and oxygen atoms in total.